The third-order valence-corrected chi connectivity index (χ3v) is 4.60. The van der Waals surface area contributed by atoms with Gasteiger partial charge < -0.3 is 9.84 Å². The summed E-state index contributed by atoms with van der Waals surface area (Å²) in [7, 11) is 1.65. The van der Waals surface area contributed by atoms with E-state index < -0.39 is 5.97 Å². The number of methoxy groups -OCH3 is 1. The van der Waals surface area contributed by atoms with Gasteiger partial charge in [0.2, 0.25) is 0 Å². The van der Waals surface area contributed by atoms with Crippen molar-refractivity contribution >= 4 is 17.6 Å². The molecule has 2 heterocycles. The number of hydrogen-bond acceptors (Lipinski definition) is 4. The molecule has 5 heteroatoms. The Balaban J connectivity index is 1.94. The van der Waals surface area contributed by atoms with E-state index in [1.807, 2.05) is 36.4 Å². The van der Waals surface area contributed by atoms with Gasteiger partial charge in [-0.2, -0.15) is 0 Å². The van der Waals surface area contributed by atoms with E-state index in [0.29, 0.717) is 5.69 Å². The monoisotopic (exact) mass is 364 g/mol. The van der Waals surface area contributed by atoms with Crippen LogP contribution in [-0.4, -0.2) is 47.7 Å². The van der Waals surface area contributed by atoms with Crippen LogP contribution in [0.5, 0.6) is 5.75 Å². The van der Waals surface area contributed by atoms with Gasteiger partial charge in [-0.25, -0.2) is 9.78 Å². The van der Waals surface area contributed by atoms with Gasteiger partial charge in [0.1, 0.15) is 5.75 Å². The summed E-state index contributed by atoms with van der Waals surface area (Å²) in [5, 5.41) is 8.84. The molecule has 2 aromatic rings. The lowest BCUT2D eigenvalue weighted by molar-refractivity contribution is -0.131. The van der Waals surface area contributed by atoms with Gasteiger partial charge in [-0.3, -0.25) is 4.90 Å². The number of pyridine rings is 1. The molecule has 0 saturated carbocycles. The van der Waals surface area contributed by atoms with Gasteiger partial charge in [-0.1, -0.05) is 24.3 Å². The maximum Gasteiger partial charge on any atom is 0.328 e. The molecular weight excluding hydrogens is 340 g/mol. The van der Waals surface area contributed by atoms with Gasteiger partial charge in [0, 0.05) is 18.2 Å². The van der Waals surface area contributed by atoms with Gasteiger partial charge in [-0.15, -0.1) is 0 Å². The van der Waals surface area contributed by atoms with E-state index in [4.69, 9.17) is 9.84 Å². The molecule has 1 aromatic heterocycles. The Labute approximate surface area is 159 Å². The molecule has 3 rings (SSSR count). The minimum absolute atomic E-state index is 0.621. The number of benzene rings is 1. The molecule has 27 heavy (non-hydrogen) atoms. The van der Waals surface area contributed by atoms with Crippen molar-refractivity contribution in [3.8, 4) is 5.75 Å². The molecule has 0 spiro atoms. The van der Waals surface area contributed by atoms with E-state index in [0.717, 1.165) is 48.3 Å². The minimum Gasteiger partial charge on any atom is -0.497 e. The van der Waals surface area contributed by atoms with Crippen molar-refractivity contribution < 1.29 is 14.6 Å². The standard InChI is InChI=1S/C22H24N2O3/c1-27-19-10-7-17(8-11-19)20(13-16-24-14-2-3-15-24)21-6-4-5-18(23-21)9-12-22(25)26/h4-13H,2-3,14-16H2,1H3,(H,25,26). The van der Waals surface area contributed by atoms with E-state index in [-0.39, 0.29) is 0 Å². The molecule has 1 fully saturated rings. The molecule has 1 N–H and O–H groups in total. The summed E-state index contributed by atoms with van der Waals surface area (Å²) in [4.78, 5) is 17.8. The predicted molar refractivity (Wildman–Crippen MR) is 107 cm³/mol. The summed E-state index contributed by atoms with van der Waals surface area (Å²) in [6.45, 7) is 3.13. The Kier molecular flexibility index (Phi) is 6.39. The van der Waals surface area contributed by atoms with Crippen LogP contribution < -0.4 is 4.74 Å². The van der Waals surface area contributed by atoms with Crippen LogP contribution in [0.1, 0.15) is 29.8 Å². The van der Waals surface area contributed by atoms with Crippen LogP contribution in [0.2, 0.25) is 0 Å². The Morgan fingerprint density at radius 3 is 2.59 bits per heavy atom. The van der Waals surface area contributed by atoms with Gasteiger partial charge in [0.25, 0.3) is 0 Å². The largest absolute Gasteiger partial charge is 0.497 e. The lowest BCUT2D eigenvalue weighted by Gasteiger charge is -2.14. The van der Waals surface area contributed by atoms with Crippen LogP contribution >= 0.6 is 0 Å². The highest BCUT2D eigenvalue weighted by Gasteiger charge is 2.12. The first-order chi connectivity index (χ1) is 13.2. The zero-order valence-electron chi connectivity index (χ0n) is 15.5. The number of carboxylic acids is 1. The fourth-order valence-corrected chi connectivity index (χ4v) is 3.18. The Hall–Kier alpha value is -2.92. The van der Waals surface area contributed by atoms with E-state index in [2.05, 4.69) is 16.0 Å². The lowest BCUT2D eigenvalue weighted by atomic mass is 10.0. The molecule has 1 saturated heterocycles. The highest BCUT2D eigenvalue weighted by Crippen LogP contribution is 2.25. The number of ether oxygens (including phenoxy) is 1. The average molecular weight is 364 g/mol. The molecule has 140 valence electrons. The summed E-state index contributed by atoms with van der Waals surface area (Å²) in [5.74, 6) is -0.175. The third-order valence-electron chi connectivity index (χ3n) is 4.60. The highest BCUT2D eigenvalue weighted by atomic mass is 16.5. The Morgan fingerprint density at radius 2 is 1.93 bits per heavy atom. The van der Waals surface area contributed by atoms with Gasteiger partial charge in [0.15, 0.2) is 0 Å². The minimum atomic E-state index is -0.984. The highest BCUT2D eigenvalue weighted by molar-refractivity contribution is 5.85. The number of nitrogens with zero attached hydrogens (tertiary/aromatic N) is 2. The maximum absolute atomic E-state index is 10.8. The molecule has 0 unspecified atom stereocenters. The quantitative estimate of drug-likeness (QED) is 0.759. The molecule has 1 aliphatic heterocycles. The van der Waals surface area contributed by atoms with Crippen LogP contribution in [0.15, 0.2) is 54.6 Å². The first-order valence-corrected chi connectivity index (χ1v) is 9.11. The molecule has 0 aliphatic carbocycles. The second kappa shape index (κ2) is 9.14. The fourth-order valence-electron chi connectivity index (χ4n) is 3.18. The second-order valence-electron chi connectivity index (χ2n) is 6.47. The Morgan fingerprint density at radius 1 is 1.19 bits per heavy atom. The first-order valence-electron chi connectivity index (χ1n) is 9.11. The average Bonchev–Trinajstić information content (AvgIpc) is 3.21. The van der Waals surface area contributed by atoms with Crippen LogP contribution in [0.3, 0.4) is 0 Å². The van der Waals surface area contributed by atoms with E-state index in [9.17, 15) is 4.79 Å². The first kappa shape index (κ1) is 18.9. The molecular formula is C22H24N2O3. The SMILES string of the molecule is COc1ccc(C(=CCN2CCCC2)c2cccc(C=CC(=O)O)n2)cc1. The number of aromatic nitrogens is 1. The van der Waals surface area contributed by atoms with Crippen molar-refractivity contribution in [1.82, 2.24) is 9.88 Å². The third kappa shape index (κ3) is 5.28. The summed E-state index contributed by atoms with van der Waals surface area (Å²) in [6, 6.07) is 13.6. The number of hydrogen-bond donors (Lipinski definition) is 1. The van der Waals surface area contributed by atoms with Crippen molar-refractivity contribution in [2.75, 3.05) is 26.7 Å². The normalized spacial score (nSPS) is 15.4. The summed E-state index contributed by atoms with van der Waals surface area (Å²) in [5.41, 5.74) is 3.54. The van der Waals surface area contributed by atoms with Crippen LogP contribution in [0, 0.1) is 0 Å². The summed E-state index contributed by atoms with van der Waals surface area (Å²) >= 11 is 0. The fraction of sp³-hybridized carbons (Fsp3) is 0.273. The van der Waals surface area contributed by atoms with E-state index >= 15 is 0 Å². The van der Waals surface area contributed by atoms with E-state index in [1.165, 1.54) is 18.9 Å². The molecule has 0 radical (unpaired) electrons. The Bertz CT molecular complexity index is 835. The molecule has 0 amide bonds. The zero-order valence-corrected chi connectivity index (χ0v) is 15.5. The topological polar surface area (TPSA) is 62.7 Å². The summed E-state index contributed by atoms with van der Waals surface area (Å²) in [6.07, 6.45) is 7.32. The van der Waals surface area contributed by atoms with Crippen LogP contribution in [0.25, 0.3) is 11.6 Å². The molecule has 5 nitrogen and oxygen atoms in total. The van der Waals surface area contributed by atoms with Crippen LogP contribution in [0.4, 0.5) is 0 Å². The number of rotatable bonds is 7. The predicted octanol–water partition coefficient (Wildman–Crippen LogP) is 3.72. The molecule has 0 bridgehead atoms. The number of carbonyl (C=O) groups is 1. The number of likely N-dealkylation sites (tertiary alicyclic amines) is 1. The van der Waals surface area contributed by atoms with Gasteiger partial charge in [0.05, 0.1) is 18.5 Å². The van der Waals surface area contributed by atoms with E-state index in [1.54, 1.807) is 13.2 Å². The van der Waals surface area contributed by atoms with Crippen LogP contribution in [-0.2, 0) is 4.79 Å². The molecule has 0 atom stereocenters. The van der Waals surface area contributed by atoms with Gasteiger partial charge in [-0.05, 0) is 61.8 Å². The van der Waals surface area contributed by atoms with Crippen molar-refractivity contribution in [3.05, 3.63) is 71.6 Å². The lowest BCUT2D eigenvalue weighted by Crippen LogP contribution is -2.19. The maximum atomic E-state index is 10.8. The van der Waals surface area contributed by atoms with Crippen molar-refractivity contribution in [3.63, 3.8) is 0 Å². The number of aliphatic carboxylic acids is 1. The zero-order chi connectivity index (χ0) is 19.1. The van der Waals surface area contributed by atoms with Gasteiger partial charge >= 0.3 is 5.97 Å². The molecule has 1 aromatic carbocycles. The smallest absolute Gasteiger partial charge is 0.328 e. The second-order valence-corrected chi connectivity index (χ2v) is 6.47. The van der Waals surface area contributed by atoms with Crippen molar-refractivity contribution in [2.24, 2.45) is 0 Å². The number of carboxylic acid groups (broad SMARTS) is 1. The van der Waals surface area contributed by atoms with Crippen molar-refractivity contribution in [1.29, 1.82) is 0 Å². The molecule has 1 aliphatic rings. The van der Waals surface area contributed by atoms with Crippen molar-refractivity contribution in [2.45, 2.75) is 12.8 Å². The summed E-state index contributed by atoms with van der Waals surface area (Å²) < 4.78 is 5.26.